The van der Waals surface area contributed by atoms with Crippen molar-refractivity contribution in [2.24, 2.45) is 0 Å². The smallest absolute Gasteiger partial charge is 0.319 e. The average molecular weight is 352 g/mol. The van der Waals surface area contributed by atoms with Crippen molar-refractivity contribution in [3.8, 4) is 0 Å². The zero-order valence-electron chi connectivity index (χ0n) is 15.4. The molecular weight excluding hydrogens is 324 g/mol. The number of nitrogens with zero attached hydrogens (tertiary/aromatic N) is 2. The third-order valence-corrected chi connectivity index (χ3v) is 4.87. The highest BCUT2D eigenvalue weighted by Gasteiger charge is 2.17. The Morgan fingerprint density at radius 3 is 2.31 bits per heavy atom. The standard InChI is InChI=1S/C21H28N4O/c1-18-7-5-6-8-19(18)17-25-15-13-24(14-16-25)12-11-22-21(26)23-20-9-3-2-4-10-20/h2-10H,11-17H2,1H3,(H2,22,23,26). The minimum atomic E-state index is -0.144. The molecule has 0 aromatic heterocycles. The lowest BCUT2D eigenvalue weighted by Gasteiger charge is -2.35. The molecule has 3 rings (SSSR count). The number of hydrogen-bond acceptors (Lipinski definition) is 3. The highest BCUT2D eigenvalue weighted by atomic mass is 16.2. The number of carbonyl (C=O) groups excluding carboxylic acids is 1. The molecule has 138 valence electrons. The van der Waals surface area contributed by atoms with Gasteiger partial charge in [0.25, 0.3) is 0 Å². The van der Waals surface area contributed by atoms with Gasteiger partial charge < -0.3 is 10.6 Å². The van der Waals surface area contributed by atoms with Gasteiger partial charge in [-0.3, -0.25) is 9.80 Å². The van der Waals surface area contributed by atoms with Gasteiger partial charge in [-0.25, -0.2) is 4.79 Å². The van der Waals surface area contributed by atoms with Crippen molar-refractivity contribution in [1.29, 1.82) is 0 Å². The number of aryl methyl sites for hydroxylation is 1. The van der Waals surface area contributed by atoms with Crippen molar-refractivity contribution < 1.29 is 4.79 Å². The van der Waals surface area contributed by atoms with Crippen LogP contribution in [0.25, 0.3) is 0 Å². The first kappa shape index (κ1) is 18.4. The topological polar surface area (TPSA) is 47.6 Å². The summed E-state index contributed by atoms with van der Waals surface area (Å²) in [5, 5.41) is 5.77. The van der Waals surface area contributed by atoms with Crippen LogP contribution in [0.4, 0.5) is 10.5 Å². The Labute approximate surface area is 156 Å². The summed E-state index contributed by atoms with van der Waals surface area (Å²) in [6.45, 7) is 9.00. The van der Waals surface area contributed by atoms with Gasteiger partial charge in [-0.15, -0.1) is 0 Å². The van der Waals surface area contributed by atoms with Crippen molar-refractivity contribution >= 4 is 11.7 Å². The van der Waals surface area contributed by atoms with E-state index in [2.05, 4.69) is 51.6 Å². The maximum Gasteiger partial charge on any atom is 0.319 e. The van der Waals surface area contributed by atoms with Gasteiger partial charge in [0.2, 0.25) is 0 Å². The zero-order chi connectivity index (χ0) is 18.2. The third-order valence-electron chi connectivity index (χ3n) is 4.87. The van der Waals surface area contributed by atoms with Gasteiger partial charge in [0.1, 0.15) is 0 Å². The summed E-state index contributed by atoms with van der Waals surface area (Å²) in [6.07, 6.45) is 0. The Bertz CT molecular complexity index is 696. The number of amides is 2. The Hall–Kier alpha value is -2.37. The molecule has 5 heteroatoms. The molecule has 0 radical (unpaired) electrons. The first-order valence-electron chi connectivity index (χ1n) is 9.30. The molecule has 2 amide bonds. The maximum absolute atomic E-state index is 11.9. The molecule has 1 aliphatic heterocycles. The van der Waals surface area contributed by atoms with Crippen LogP contribution in [0.15, 0.2) is 54.6 Å². The molecule has 1 saturated heterocycles. The molecule has 0 atom stereocenters. The van der Waals surface area contributed by atoms with E-state index in [0.717, 1.165) is 45.0 Å². The fourth-order valence-corrected chi connectivity index (χ4v) is 3.22. The number of para-hydroxylation sites is 1. The minimum absolute atomic E-state index is 0.144. The fourth-order valence-electron chi connectivity index (χ4n) is 3.22. The van der Waals surface area contributed by atoms with E-state index in [1.165, 1.54) is 11.1 Å². The molecular formula is C21H28N4O. The first-order chi connectivity index (χ1) is 12.7. The Morgan fingerprint density at radius 1 is 0.923 bits per heavy atom. The van der Waals surface area contributed by atoms with E-state index in [9.17, 15) is 4.79 Å². The van der Waals surface area contributed by atoms with Crippen LogP contribution in [0.3, 0.4) is 0 Å². The Kier molecular flexibility index (Phi) is 6.63. The molecule has 2 aromatic carbocycles. The summed E-state index contributed by atoms with van der Waals surface area (Å²) >= 11 is 0. The summed E-state index contributed by atoms with van der Waals surface area (Å²) < 4.78 is 0. The van der Waals surface area contributed by atoms with Gasteiger partial charge in [-0.05, 0) is 30.2 Å². The van der Waals surface area contributed by atoms with Crippen LogP contribution in [0.2, 0.25) is 0 Å². The summed E-state index contributed by atoms with van der Waals surface area (Å²) in [5.41, 5.74) is 3.60. The predicted molar refractivity (Wildman–Crippen MR) is 106 cm³/mol. The number of carbonyl (C=O) groups is 1. The molecule has 2 N–H and O–H groups in total. The number of rotatable bonds is 6. The van der Waals surface area contributed by atoms with Crippen LogP contribution in [0.5, 0.6) is 0 Å². The first-order valence-corrected chi connectivity index (χ1v) is 9.30. The molecule has 1 heterocycles. The van der Waals surface area contributed by atoms with E-state index < -0.39 is 0 Å². The number of nitrogens with one attached hydrogen (secondary N) is 2. The molecule has 0 unspecified atom stereocenters. The largest absolute Gasteiger partial charge is 0.337 e. The van der Waals surface area contributed by atoms with Crippen molar-refractivity contribution in [1.82, 2.24) is 15.1 Å². The van der Waals surface area contributed by atoms with Crippen molar-refractivity contribution in [2.75, 3.05) is 44.6 Å². The van der Waals surface area contributed by atoms with Crippen molar-refractivity contribution in [2.45, 2.75) is 13.5 Å². The van der Waals surface area contributed by atoms with Crippen molar-refractivity contribution in [3.05, 3.63) is 65.7 Å². The minimum Gasteiger partial charge on any atom is -0.337 e. The SMILES string of the molecule is Cc1ccccc1CN1CCN(CCNC(=O)Nc2ccccc2)CC1. The summed E-state index contributed by atoms with van der Waals surface area (Å²) in [6, 6.07) is 18.0. The maximum atomic E-state index is 11.9. The lowest BCUT2D eigenvalue weighted by atomic mass is 10.1. The third kappa shape index (κ3) is 5.58. The fraction of sp³-hybridized carbons (Fsp3) is 0.381. The lowest BCUT2D eigenvalue weighted by Crippen LogP contribution is -2.48. The molecule has 2 aromatic rings. The van der Waals surface area contributed by atoms with Crippen molar-refractivity contribution in [3.63, 3.8) is 0 Å². The summed E-state index contributed by atoms with van der Waals surface area (Å²) in [5.74, 6) is 0. The van der Waals surface area contributed by atoms with Gasteiger partial charge in [0.05, 0.1) is 0 Å². The van der Waals surface area contributed by atoms with E-state index in [4.69, 9.17) is 0 Å². The second kappa shape index (κ2) is 9.36. The molecule has 0 aliphatic carbocycles. The van der Waals surface area contributed by atoms with Gasteiger partial charge in [-0.1, -0.05) is 42.5 Å². The number of anilines is 1. The Morgan fingerprint density at radius 2 is 1.58 bits per heavy atom. The predicted octanol–water partition coefficient (Wildman–Crippen LogP) is 2.93. The molecule has 0 saturated carbocycles. The number of piperazine rings is 1. The second-order valence-electron chi connectivity index (χ2n) is 6.79. The Balaban J connectivity index is 1.33. The van der Waals surface area contributed by atoms with Gasteiger partial charge in [0, 0.05) is 51.5 Å². The average Bonchev–Trinajstić information content (AvgIpc) is 2.66. The van der Waals surface area contributed by atoms with E-state index in [1.807, 2.05) is 30.3 Å². The summed E-state index contributed by atoms with van der Waals surface area (Å²) in [4.78, 5) is 16.8. The molecule has 26 heavy (non-hydrogen) atoms. The van der Waals surface area contributed by atoms with Gasteiger partial charge in [0.15, 0.2) is 0 Å². The molecule has 1 fully saturated rings. The van der Waals surface area contributed by atoms with Crippen LogP contribution < -0.4 is 10.6 Å². The number of benzene rings is 2. The van der Waals surface area contributed by atoms with Crippen LogP contribution >= 0.6 is 0 Å². The number of urea groups is 1. The molecule has 1 aliphatic rings. The normalized spacial score (nSPS) is 15.6. The van der Waals surface area contributed by atoms with E-state index in [1.54, 1.807) is 0 Å². The van der Waals surface area contributed by atoms with E-state index >= 15 is 0 Å². The van der Waals surface area contributed by atoms with E-state index in [0.29, 0.717) is 6.54 Å². The summed E-state index contributed by atoms with van der Waals surface area (Å²) in [7, 11) is 0. The zero-order valence-corrected chi connectivity index (χ0v) is 15.4. The van der Waals surface area contributed by atoms with Crippen LogP contribution in [-0.4, -0.2) is 55.1 Å². The van der Waals surface area contributed by atoms with Crippen LogP contribution in [-0.2, 0) is 6.54 Å². The van der Waals surface area contributed by atoms with E-state index in [-0.39, 0.29) is 6.03 Å². The molecule has 0 bridgehead atoms. The highest BCUT2D eigenvalue weighted by molar-refractivity contribution is 5.89. The van der Waals surface area contributed by atoms with Crippen LogP contribution in [0, 0.1) is 6.92 Å². The van der Waals surface area contributed by atoms with Gasteiger partial charge in [-0.2, -0.15) is 0 Å². The lowest BCUT2D eigenvalue weighted by molar-refractivity contribution is 0.128. The monoisotopic (exact) mass is 352 g/mol. The quantitative estimate of drug-likeness (QED) is 0.840. The molecule has 0 spiro atoms. The van der Waals surface area contributed by atoms with Crippen LogP contribution in [0.1, 0.15) is 11.1 Å². The number of hydrogen-bond donors (Lipinski definition) is 2. The molecule has 5 nitrogen and oxygen atoms in total. The van der Waals surface area contributed by atoms with Gasteiger partial charge >= 0.3 is 6.03 Å². The second-order valence-corrected chi connectivity index (χ2v) is 6.79. The highest BCUT2D eigenvalue weighted by Crippen LogP contribution is 2.12.